The van der Waals surface area contributed by atoms with Crippen molar-refractivity contribution in [2.45, 2.75) is 13.5 Å². The van der Waals surface area contributed by atoms with E-state index in [9.17, 15) is 9.59 Å². The van der Waals surface area contributed by atoms with Crippen molar-refractivity contribution in [3.05, 3.63) is 20.8 Å². The molecule has 0 aliphatic heterocycles. The molecule has 6 heteroatoms. The fraction of sp³-hybridized carbons (Fsp3) is 0.429. The lowest BCUT2D eigenvalue weighted by Crippen LogP contribution is -2.33. The van der Waals surface area contributed by atoms with Gasteiger partial charge in [-0.1, -0.05) is 0 Å². The average Bonchev–Trinajstić information content (AvgIpc) is 2.04. The van der Waals surface area contributed by atoms with Crippen molar-refractivity contribution in [1.82, 2.24) is 9.55 Å². The Morgan fingerprint density at radius 2 is 2.15 bits per heavy atom. The third kappa shape index (κ3) is 1.42. The topological polar surface area (TPSA) is 92.9 Å². The van der Waals surface area contributed by atoms with Crippen LogP contribution in [0.15, 0.2) is 9.59 Å². The minimum absolute atomic E-state index is 0.166. The minimum atomic E-state index is -0.491. The summed E-state index contributed by atoms with van der Waals surface area (Å²) >= 11 is 0. The highest BCUT2D eigenvalue weighted by Gasteiger charge is 2.08. The van der Waals surface area contributed by atoms with Crippen molar-refractivity contribution in [3.8, 4) is 0 Å². The molecule has 1 aromatic heterocycles. The predicted octanol–water partition coefficient (Wildman–Crippen LogP) is -0.820. The van der Waals surface area contributed by atoms with Crippen LogP contribution in [0.1, 0.15) is 6.92 Å². The number of rotatable bonds is 2. The monoisotopic (exact) mass is 184 g/mol. The van der Waals surface area contributed by atoms with Crippen LogP contribution < -0.4 is 22.3 Å². The zero-order valence-corrected chi connectivity index (χ0v) is 7.55. The second kappa shape index (κ2) is 3.34. The van der Waals surface area contributed by atoms with Gasteiger partial charge in [0, 0.05) is 13.6 Å². The standard InChI is InChI=1S/C7H12N4O2/c1-3-11-5(8)4(9-2)6(12)10-7(11)13/h9H,3,8H2,1-2H3,(H,10,12,13). The molecule has 0 radical (unpaired) electrons. The van der Waals surface area contributed by atoms with Crippen LogP contribution in [0.3, 0.4) is 0 Å². The summed E-state index contributed by atoms with van der Waals surface area (Å²) in [6, 6.07) is 0. The number of nitrogens with two attached hydrogens (primary N) is 1. The Kier molecular flexibility index (Phi) is 2.41. The number of aromatic amines is 1. The first kappa shape index (κ1) is 9.37. The van der Waals surface area contributed by atoms with E-state index >= 15 is 0 Å². The summed E-state index contributed by atoms with van der Waals surface area (Å²) < 4.78 is 1.28. The molecular formula is C7H12N4O2. The van der Waals surface area contributed by atoms with Crippen LogP contribution in [0.5, 0.6) is 0 Å². The molecule has 1 aromatic rings. The number of nitrogens with one attached hydrogen (secondary N) is 2. The Bertz CT molecular complexity index is 381. The Balaban J connectivity index is 3.58. The largest absolute Gasteiger partial charge is 0.383 e. The lowest BCUT2D eigenvalue weighted by Gasteiger charge is -2.09. The van der Waals surface area contributed by atoms with Gasteiger partial charge in [-0.15, -0.1) is 0 Å². The van der Waals surface area contributed by atoms with E-state index < -0.39 is 11.2 Å². The molecule has 1 rings (SSSR count). The molecule has 72 valence electrons. The van der Waals surface area contributed by atoms with Gasteiger partial charge in [-0.05, 0) is 6.92 Å². The molecule has 0 saturated heterocycles. The zero-order valence-electron chi connectivity index (χ0n) is 7.55. The first-order chi connectivity index (χ1) is 6.11. The fourth-order valence-corrected chi connectivity index (χ4v) is 1.14. The van der Waals surface area contributed by atoms with Gasteiger partial charge in [-0.3, -0.25) is 14.3 Å². The number of nitrogen functional groups attached to an aromatic ring is 1. The SMILES string of the molecule is CCn1c(N)c(NC)c(=O)[nH]c1=O. The first-order valence-corrected chi connectivity index (χ1v) is 3.92. The van der Waals surface area contributed by atoms with Crippen molar-refractivity contribution in [3.63, 3.8) is 0 Å². The van der Waals surface area contributed by atoms with Gasteiger partial charge in [-0.25, -0.2) is 4.79 Å². The smallest absolute Gasteiger partial charge is 0.330 e. The molecule has 6 nitrogen and oxygen atoms in total. The van der Waals surface area contributed by atoms with Gasteiger partial charge in [-0.2, -0.15) is 0 Å². The zero-order chi connectivity index (χ0) is 10.0. The number of aromatic nitrogens is 2. The third-order valence-electron chi connectivity index (χ3n) is 1.81. The molecule has 0 atom stereocenters. The van der Waals surface area contributed by atoms with Gasteiger partial charge in [0.2, 0.25) is 0 Å². The van der Waals surface area contributed by atoms with E-state index in [0.29, 0.717) is 6.54 Å². The molecule has 0 aromatic carbocycles. The van der Waals surface area contributed by atoms with Gasteiger partial charge in [0.15, 0.2) is 0 Å². The summed E-state index contributed by atoms with van der Waals surface area (Å²) in [4.78, 5) is 24.5. The van der Waals surface area contributed by atoms with Gasteiger partial charge in [0.05, 0.1) is 0 Å². The maximum Gasteiger partial charge on any atom is 0.330 e. The van der Waals surface area contributed by atoms with Crippen LogP contribution in [-0.4, -0.2) is 16.6 Å². The maximum atomic E-state index is 11.2. The van der Waals surface area contributed by atoms with Gasteiger partial charge < -0.3 is 11.1 Å². The Morgan fingerprint density at radius 3 is 2.62 bits per heavy atom. The van der Waals surface area contributed by atoms with Crippen molar-refractivity contribution >= 4 is 11.5 Å². The molecule has 13 heavy (non-hydrogen) atoms. The molecule has 0 spiro atoms. The Hall–Kier alpha value is -1.72. The molecule has 0 bridgehead atoms. The van der Waals surface area contributed by atoms with E-state index in [1.165, 1.54) is 4.57 Å². The highest BCUT2D eigenvalue weighted by atomic mass is 16.2. The molecule has 0 aliphatic carbocycles. The number of hydrogen-bond acceptors (Lipinski definition) is 4. The van der Waals surface area contributed by atoms with Crippen LogP contribution in [0.2, 0.25) is 0 Å². The van der Waals surface area contributed by atoms with Gasteiger partial charge >= 0.3 is 5.69 Å². The molecule has 0 unspecified atom stereocenters. The molecule has 0 aliphatic rings. The summed E-state index contributed by atoms with van der Waals surface area (Å²) in [6.45, 7) is 2.20. The van der Waals surface area contributed by atoms with Crippen molar-refractivity contribution in [2.75, 3.05) is 18.1 Å². The summed E-state index contributed by atoms with van der Waals surface area (Å²) in [5, 5.41) is 2.64. The van der Waals surface area contributed by atoms with Crippen molar-refractivity contribution < 1.29 is 0 Å². The second-order valence-corrected chi connectivity index (χ2v) is 2.51. The highest BCUT2D eigenvalue weighted by Crippen LogP contribution is 2.07. The molecule has 4 N–H and O–H groups in total. The summed E-state index contributed by atoms with van der Waals surface area (Å²) in [5.74, 6) is 0.166. The highest BCUT2D eigenvalue weighted by molar-refractivity contribution is 5.59. The minimum Gasteiger partial charge on any atom is -0.383 e. The Labute approximate surface area is 74.4 Å². The van der Waals surface area contributed by atoms with Crippen molar-refractivity contribution in [1.29, 1.82) is 0 Å². The number of nitrogens with zero attached hydrogens (tertiary/aromatic N) is 1. The molecule has 0 fully saturated rings. The number of H-pyrrole nitrogens is 1. The van der Waals surface area contributed by atoms with Crippen LogP contribution in [0.25, 0.3) is 0 Å². The number of hydrogen-bond donors (Lipinski definition) is 3. The van der Waals surface area contributed by atoms with Gasteiger partial charge in [0.1, 0.15) is 11.5 Å². The van der Waals surface area contributed by atoms with E-state index in [4.69, 9.17) is 5.73 Å². The Morgan fingerprint density at radius 1 is 1.54 bits per heavy atom. The average molecular weight is 184 g/mol. The third-order valence-corrected chi connectivity index (χ3v) is 1.81. The van der Waals surface area contributed by atoms with Crippen LogP contribution >= 0.6 is 0 Å². The second-order valence-electron chi connectivity index (χ2n) is 2.51. The summed E-state index contributed by atoms with van der Waals surface area (Å²) in [7, 11) is 1.57. The molecular weight excluding hydrogens is 172 g/mol. The van der Waals surface area contributed by atoms with E-state index in [0.717, 1.165) is 0 Å². The fourth-order valence-electron chi connectivity index (χ4n) is 1.14. The molecule has 0 saturated carbocycles. The molecule has 0 amide bonds. The van der Waals surface area contributed by atoms with E-state index in [-0.39, 0.29) is 11.5 Å². The van der Waals surface area contributed by atoms with E-state index in [2.05, 4.69) is 10.3 Å². The van der Waals surface area contributed by atoms with E-state index in [1.54, 1.807) is 14.0 Å². The number of anilines is 2. The maximum absolute atomic E-state index is 11.2. The van der Waals surface area contributed by atoms with Gasteiger partial charge in [0.25, 0.3) is 5.56 Å². The lowest BCUT2D eigenvalue weighted by atomic mass is 10.4. The van der Waals surface area contributed by atoms with Crippen LogP contribution in [-0.2, 0) is 6.54 Å². The summed E-state index contributed by atoms with van der Waals surface area (Å²) in [6.07, 6.45) is 0. The normalized spacial score (nSPS) is 10.0. The van der Waals surface area contributed by atoms with Crippen LogP contribution in [0, 0.1) is 0 Å². The van der Waals surface area contributed by atoms with Crippen LogP contribution in [0.4, 0.5) is 11.5 Å². The predicted molar refractivity (Wildman–Crippen MR) is 51.0 cm³/mol. The van der Waals surface area contributed by atoms with Crippen molar-refractivity contribution in [2.24, 2.45) is 0 Å². The summed E-state index contributed by atoms with van der Waals surface area (Å²) in [5.41, 5.74) is 4.84. The first-order valence-electron chi connectivity index (χ1n) is 3.92. The lowest BCUT2D eigenvalue weighted by molar-refractivity contribution is 0.707. The van der Waals surface area contributed by atoms with E-state index in [1.807, 2.05) is 0 Å². The quantitative estimate of drug-likeness (QED) is 0.560. The molecule has 1 heterocycles.